The van der Waals surface area contributed by atoms with Crippen LogP contribution in [0.5, 0.6) is 5.75 Å². The summed E-state index contributed by atoms with van der Waals surface area (Å²) in [6.45, 7) is 0.718. The second-order valence-electron chi connectivity index (χ2n) is 6.59. The highest BCUT2D eigenvalue weighted by atomic mass is 19.4. The highest BCUT2D eigenvalue weighted by molar-refractivity contribution is 5.94. The van der Waals surface area contributed by atoms with Gasteiger partial charge in [-0.25, -0.2) is 4.39 Å². The first kappa shape index (κ1) is 19.8. The van der Waals surface area contributed by atoms with Crippen LogP contribution in [0, 0.1) is 5.82 Å². The van der Waals surface area contributed by atoms with E-state index in [1.165, 1.54) is 18.3 Å². The van der Waals surface area contributed by atoms with Crippen LogP contribution in [0.4, 0.5) is 17.6 Å². The number of benzene rings is 1. The molecule has 1 aliphatic rings. The van der Waals surface area contributed by atoms with Crippen LogP contribution in [0.2, 0.25) is 0 Å². The van der Waals surface area contributed by atoms with Gasteiger partial charge in [0.05, 0.1) is 12.1 Å². The van der Waals surface area contributed by atoms with E-state index >= 15 is 0 Å². The normalized spacial score (nSPS) is 16.7. The van der Waals surface area contributed by atoms with E-state index in [2.05, 4.69) is 19.6 Å². The van der Waals surface area contributed by atoms with Crippen LogP contribution in [0.15, 0.2) is 47.2 Å². The molecule has 1 aromatic carbocycles. The average molecular weight is 422 g/mol. The van der Waals surface area contributed by atoms with Gasteiger partial charge in [0.15, 0.2) is 11.6 Å². The molecule has 30 heavy (non-hydrogen) atoms. The minimum absolute atomic E-state index is 0.0129. The maximum Gasteiger partial charge on any atom is 0.471 e. The molecule has 156 valence electrons. The maximum atomic E-state index is 14.4. The lowest BCUT2D eigenvalue weighted by Gasteiger charge is -2.17. The lowest BCUT2D eigenvalue weighted by molar-refractivity contribution is -0.159. The van der Waals surface area contributed by atoms with Gasteiger partial charge in [-0.3, -0.25) is 9.78 Å². The van der Waals surface area contributed by atoms with Crippen LogP contribution in [0.1, 0.15) is 22.7 Å². The molecule has 4 rings (SSSR count). The van der Waals surface area contributed by atoms with Crippen molar-refractivity contribution in [3.63, 3.8) is 0 Å². The number of ether oxygens (including phenoxy) is 1. The van der Waals surface area contributed by atoms with Crippen LogP contribution in [-0.4, -0.2) is 45.1 Å². The van der Waals surface area contributed by atoms with Gasteiger partial charge in [-0.2, -0.15) is 18.2 Å². The van der Waals surface area contributed by atoms with Crippen LogP contribution in [-0.2, 0) is 6.18 Å². The number of carbonyl (C=O) groups is 1. The molecule has 1 amide bonds. The summed E-state index contributed by atoms with van der Waals surface area (Å²) in [5, 5.41) is 3.22. The first-order chi connectivity index (χ1) is 14.3. The Hall–Kier alpha value is -3.50. The summed E-state index contributed by atoms with van der Waals surface area (Å²) in [4.78, 5) is 21.2. The molecule has 1 unspecified atom stereocenters. The third-order valence-corrected chi connectivity index (χ3v) is 4.49. The Morgan fingerprint density at radius 2 is 2.10 bits per heavy atom. The lowest BCUT2D eigenvalue weighted by Crippen LogP contribution is -2.31. The molecule has 11 heteroatoms. The zero-order valence-corrected chi connectivity index (χ0v) is 15.3. The number of halogens is 4. The zero-order valence-electron chi connectivity index (χ0n) is 15.3. The van der Waals surface area contributed by atoms with E-state index in [9.17, 15) is 22.4 Å². The number of likely N-dealkylation sites (tertiary alicyclic amines) is 1. The summed E-state index contributed by atoms with van der Waals surface area (Å²) in [6, 6.07) is 6.89. The summed E-state index contributed by atoms with van der Waals surface area (Å²) in [6.07, 6.45) is -1.66. The fourth-order valence-electron chi connectivity index (χ4n) is 3.05. The van der Waals surface area contributed by atoms with E-state index in [0.29, 0.717) is 18.5 Å². The molecule has 0 aliphatic carbocycles. The minimum Gasteiger partial charge on any atom is -0.485 e. The number of rotatable bonds is 4. The number of hydrogen-bond acceptors (Lipinski definition) is 6. The van der Waals surface area contributed by atoms with Crippen molar-refractivity contribution in [3.8, 4) is 17.1 Å². The van der Waals surface area contributed by atoms with Crippen molar-refractivity contribution in [2.24, 2.45) is 0 Å². The summed E-state index contributed by atoms with van der Waals surface area (Å²) in [5.41, 5.74) is 0.464. The van der Waals surface area contributed by atoms with E-state index < -0.39 is 24.0 Å². The molecule has 1 fully saturated rings. The fraction of sp³-hybridized carbons (Fsp3) is 0.263. The third-order valence-electron chi connectivity index (χ3n) is 4.49. The predicted molar refractivity (Wildman–Crippen MR) is 93.9 cm³/mol. The molecule has 0 radical (unpaired) electrons. The topological polar surface area (TPSA) is 81.4 Å². The molecule has 1 atom stereocenters. The molecule has 7 nitrogen and oxygen atoms in total. The Bertz CT molecular complexity index is 1060. The van der Waals surface area contributed by atoms with E-state index in [4.69, 9.17) is 4.74 Å². The zero-order chi connectivity index (χ0) is 21.3. The van der Waals surface area contributed by atoms with Crippen molar-refractivity contribution in [1.29, 1.82) is 0 Å². The lowest BCUT2D eigenvalue weighted by atomic mass is 10.2. The van der Waals surface area contributed by atoms with Crippen molar-refractivity contribution >= 4 is 5.91 Å². The molecule has 3 aromatic rings. The summed E-state index contributed by atoms with van der Waals surface area (Å²) >= 11 is 0. The SMILES string of the molecule is O=C(c1cccnc1)N1CCC(Oc2ccc(-c3noc(C(F)(F)F)n3)cc2F)C1. The maximum absolute atomic E-state index is 14.4. The van der Waals surface area contributed by atoms with E-state index in [1.807, 2.05) is 0 Å². The molecule has 0 bridgehead atoms. The molecule has 1 saturated heterocycles. The van der Waals surface area contributed by atoms with Gasteiger partial charge in [0.2, 0.25) is 5.82 Å². The van der Waals surface area contributed by atoms with E-state index in [-0.39, 0.29) is 29.6 Å². The van der Waals surface area contributed by atoms with Crippen LogP contribution >= 0.6 is 0 Å². The summed E-state index contributed by atoms with van der Waals surface area (Å²) < 4.78 is 61.9. The summed E-state index contributed by atoms with van der Waals surface area (Å²) in [7, 11) is 0. The van der Waals surface area contributed by atoms with Gasteiger partial charge >= 0.3 is 12.1 Å². The Balaban J connectivity index is 1.42. The van der Waals surface area contributed by atoms with Gasteiger partial charge in [0.1, 0.15) is 6.10 Å². The van der Waals surface area contributed by atoms with Gasteiger partial charge < -0.3 is 14.2 Å². The van der Waals surface area contributed by atoms with Crippen LogP contribution in [0.25, 0.3) is 11.4 Å². The molecule has 0 N–H and O–H groups in total. The Labute approximate surface area is 167 Å². The van der Waals surface area contributed by atoms with Gasteiger partial charge in [-0.1, -0.05) is 5.16 Å². The van der Waals surface area contributed by atoms with Gasteiger partial charge in [-0.05, 0) is 30.3 Å². The van der Waals surface area contributed by atoms with Crippen LogP contribution < -0.4 is 4.74 Å². The Morgan fingerprint density at radius 1 is 1.27 bits per heavy atom. The second kappa shape index (κ2) is 7.73. The number of carbonyl (C=O) groups excluding carboxylic acids is 1. The predicted octanol–water partition coefficient (Wildman–Crippen LogP) is 3.58. The van der Waals surface area contributed by atoms with Crippen molar-refractivity contribution in [2.75, 3.05) is 13.1 Å². The third kappa shape index (κ3) is 4.09. The highest BCUT2D eigenvalue weighted by Gasteiger charge is 2.38. The van der Waals surface area contributed by atoms with Crippen molar-refractivity contribution < 1.29 is 31.6 Å². The van der Waals surface area contributed by atoms with Gasteiger partial charge in [0.25, 0.3) is 5.91 Å². The number of alkyl halides is 3. The van der Waals surface area contributed by atoms with Crippen molar-refractivity contribution in [1.82, 2.24) is 20.0 Å². The molecular weight excluding hydrogens is 408 g/mol. The van der Waals surface area contributed by atoms with E-state index in [1.54, 1.807) is 23.2 Å². The van der Waals surface area contributed by atoms with Gasteiger partial charge in [0, 0.05) is 30.9 Å². The number of nitrogens with zero attached hydrogens (tertiary/aromatic N) is 4. The number of pyridine rings is 1. The second-order valence-corrected chi connectivity index (χ2v) is 6.59. The molecule has 0 saturated carbocycles. The molecule has 0 spiro atoms. The molecule has 1 aliphatic heterocycles. The van der Waals surface area contributed by atoms with Gasteiger partial charge in [-0.15, -0.1) is 0 Å². The Morgan fingerprint density at radius 3 is 2.77 bits per heavy atom. The number of amides is 1. The first-order valence-corrected chi connectivity index (χ1v) is 8.88. The minimum atomic E-state index is -4.78. The standard InChI is InChI=1S/C19H14F4N4O3/c20-14-8-11(16-25-18(30-26-16)19(21,22)23)3-4-15(14)29-13-5-7-27(10-13)17(28)12-2-1-6-24-9-12/h1-4,6,8-9,13H,5,7,10H2. The largest absolute Gasteiger partial charge is 0.485 e. The Kier molecular flexibility index (Phi) is 5.10. The van der Waals surface area contributed by atoms with Crippen LogP contribution in [0.3, 0.4) is 0 Å². The van der Waals surface area contributed by atoms with Crippen molar-refractivity contribution in [3.05, 3.63) is 60.0 Å². The molecule has 2 aromatic heterocycles. The highest BCUT2D eigenvalue weighted by Crippen LogP contribution is 2.31. The number of hydrogen-bond donors (Lipinski definition) is 0. The van der Waals surface area contributed by atoms with E-state index in [0.717, 1.165) is 6.07 Å². The smallest absolute Gasteiger partial charge is 0.471 e. The number of aromatic nitrogens is 3. The summed E-state index contributed by atoms with van der Waals surface area (Å²) in [5.74, 6) is -2.96. The van der Waals surface area contributed by atoms with Crippen molar-refractivity contribution in [2.45, 2.75) is 18.7 Å². The average Bonchev–Trinajstić information content (AvgIpc) is 3.39. The first-order valence-electron chi connectivity index (χ1n) is 8.88. The fourth-order valence-corrected chi connectivity index (χ4v) is 3.05. The molecular formula is C19H14F4N4O3. The monoisotopic (exact) mass is 422 g/mol. The molecule has 3 heterocycles. The quantitative estimate of drug-likeness (QED) is 0.598.